The Kier molecular flexibility index (Phi) is 5.09. The molecule has 0 saturated heterocycles. The van der Waals surface area contributed by atoms with Crippen molar-refractivity contribution in [1.82, 2.24) is 9.55 Å². The minimum Gasteiger partial charge on any atom is -0.451 e. The number of anilines is 1. The first-order valence-corrected chi connectivity index (χ1v) is 11.4. The lowest BCUT2D eigenvalue weighted by Gasteiger charge is -2.17. The maximum absolute atomic E-state index is 13.1. The predicted octanol–water partition coefficient (Wildman–Crippen LogP) is 3.24. The Morgan fingerprint density at radius 2 is 1.97 bits per heavy atom. The number of ether oxygens (including phenoxy) is 1. The molecule has 0 fully saturated rings. The van der Waals surface area contributed by atoms with E-state index in [0.717, 1.165) is 49.2 Å². The van der Waals surface area contributed by atoms with Gasteiger partial charge >= 0.3 is 5.97 Å². The van der Waals surface area contributed by atoms with Crippen molar-refractivity contribution in [3.63, 3.8) is 0 Å². The van der Waals surface area contributed by atoms with Gasteiger partial charge in [0.15, 0.2) is 6.61 Å². The number of amides is 1. The minimum atomic E-state index is -0.582. The van der Waals surface area contributed by atoms with Gasteiger partial charge in [0, 0.05) is 25.2 Å². The second-order valence-corrected chi connectivity index (χ2v) is 9.03. The number of carbonyl (C=O) groups is 2. The maximum Gasteiger partial charge on any atom is 0.349 e. The molecule has 8 heteroatoms. The van der Waals surface area contributed by atoms with Crippen LogP contribution in [0.1, 0.15) is 45.9 Å². The van der Waals surface area contributed by atoms with E-state index in [4.69, 9.17) is 4.74 Å². The molecule has 0 radical (unpaired) electrons. The highest BCUT2D eigenvalue weighted by atomic mass is 32.1. The van der Waals surface area contributed by atoms with Crippen LogP contribution in [-0.4, -0.2) is 34.6 Å². The fourth-order valence-corrected chi connectivity index (χ4v) is 5.56. The smallest absolute Gasteiger partial charge is 0.349 e. The predicted molar refractivity (Wildman–Crippen MR) is 119 cm³/mol. The summed E-state index contributed by atoms with van der Waals surface area (Å²) in [5, 5.41) is 0.488. The molecule has 0 aliphatic carbocycles. The number of fused-ring (bicyclic) bond motifs is 3. The van der Waals surface area contributed by atoms with Gasteiger partial charge < -0.3 is 9.64 Å². The lowest BCUT2D eigenvalue weighted by atomic mass is 10.2. The maximum atomic E-state index is 13.1. The van der Waals surface area contributed by atoms with Gasteiger partial charge in [-0.1, -0.05) is 24.6 Å². The highest BCUT2D eigenvalue weighted by Gasteiger charge is 2.27. The number of nitrogens with zero attached hydrogens (tertiary/aromatic N) is 3. The van der Waals surface area contributed by atoms with Gasteiger partial charge in [-0.05, 0) is 43.4 Å². The number of carbonyl (C=O) groups excluding carboxylic acids is 2. The van der Waals surface area contributed by atoms with Gasteiger partial charge in [-0.3, -0.25) is 14.2 Å². The van der Waals surface area contributed by atoms with Crippen LogP contribution in [0.25, 0.3) is 10.2 Å². The highest BCUT2D eigenvalue weighted by molar-refractivity contribution is 7.20. The standard InChI is InChI=1S/C23H23N3O4S/c1-14-19-21(24-17-9-3-2-6-11-26(17)22(19)28)31-20(14)23(29)30-13-18(27)25-12-10-15-7-4-5-8-16(15)25/h4-5,7-8H,2-3,6,9-13H2,1H3. The van der Waals surface area contributed by atoms with Crippen molar-refractivity contribution in [2.75, 3.05) is 18.1 Å². The van der Waals surface area contributed by atoms with Crippen molar-refractivity contribution in [1.29, 1.82) is 0 Å². The van der Waals surface area contributed by atoms with Crippen molar-refractivity contribution in [2.45, 2.75) is 45.6 Å². The Morgan fingerprint density at radius 1 is 1.13 bits per heavy atom. The third-order valence-electron chi connectivity index (χ3n) is 6.11. The highest BCUT2D eigenvalue weighted by Crippen LogP contribution is 2.30. The number of hydrogen-bond acceptors (Lipinski definition) is 6. The Morgan fingerprint density at radius 3 is 2.84 bits per heavy atom. The van der Waals surface area contributed by atoms with E-state index in [-0.39, 0.29) is 18.1 Å². The number of aromatic nitrogens is 2. The number of thiophene rings is 1. The summed E-state index contributed by atoms with van der Waals surface area (Å²) in [6.07, 6.45) is 4.63. The Hall–Kier alpha value is -3.00. The normalized spacial score (nSPS) is 15.5. The van der Waals surface area contributed by atoms with Crippen LogP contribution >= 0.6 is 11.3 Å². The molecule has 7 nitrogen and oxygen atoms in total. The molecule has 4 heterocycles. The number of aryl methyl sites for hydroxylation is 2. The first kappa shape index (κ1) is 19.9. The molecule has 5 rings (SSSR count). The van der Waals surface area contributed by atoms with E-state index in [2.05, 4.69) is 4.98 Å². The molecular weight excluding hydrogens is 414 g/mol. The molecule has 0 saturated carbocycles. The van der Waals surface area contributed by atoms with Gasteiger partial charge in [-0.2, -0.15) is 0 Å². The van der Waals surface area contributed by atoms with Gasteiger partial charge in [0.1, 0.15) is 15.5 Å². The van der Waals surface area contributed by atoms with Crippen molar-refractivity contribution < 1.29 is 14.3 Å². The first-order valence-electron chi connectivity index (χ1n) is 10.6. The van der Waals surface area contributed by atoms with Crippen LogP contribution in [0.3, 0.4) is 0 Å². The van der Waals surface area contributed by atoms with E-state index in [9.17, 15) is 14.4 Å². The summed E-state index contributed by atoms with van der Waals surface area (Å²) in [6.45, 7) is 2.67. The minimum absolute atomic E-state index is 0.0838. The van der Waals surface area contributed by atoms with Gasteiger partial charge in [0.2, 0.25) is 0 Å². The topological polar surface area (TPSA) is 81.5 Å². The molecule has 0 atom stereocenters. The third-order valence-corrected chi connectivity index (χ3v) is 7.28. The van der Waals surface area contributed by atoms with Crippen LogP contribution in [0.15, 0.2) is 29.1 Å². The fraction of sp³-hybridized carbons (Fsp3) is 0.391. The number of esters is 1. The van der Waals surface area contributed by atoms with E-state index in [1.807, 2.05) is 24.3 Å². The average molecular weight is 438 g/mol. The molecule has 0 unspecified atom stereocenters. The van der Waals surface area contributed by atoms with E-state index >= 15 is 0 Å². The summed E-state index contributed by atoms with van der Waals surface area (Å²) in [6, 6.07) is 7.75. The summed E-state index contributed by atoms with van der Waals surface area (Å²) in [5.41, 5.74) is 2.50. The molecule has 31 heavy (non-hydrogen) atoms. The molecule has 160 valence electrons. The zero-order chi connectivity index (χ0) is 21.5. The number of rotatable bonds is 3. The SMILES string of the molecule is Cc1c(C(=O)OCC(=O)N2CCc3ccccc32)sc2nc3n(c(=O)c12)CCCCC3. The van der Waals surface area contributed by atoms with Crippen LogP contribution < -0.4 is 10.5 Å². The fourth-order valence-electron chi connectivity index (χ4n) is 4.47. The zero-order valence-corrected chi connectivity index (χ0v) is 18.2. The summed E-state index contributed by atoms with van der Waals surface area (Å²) in [4.78, 5) is 45.7. The first-order chi connectivity index (χ1) is 15.0. The molecule has 2 aliphatic rings. The van der Waals surface area contributed by atoms with Gasteiger partial charge in [-0.15, -0.1) is 11.3 Å². The second-order valence-electron chi connectivity index (χ2n) is 8.03. The Balaban J connectivity index is 1.37. The monoisotopic (exact) mass is 437 g/mol. The molecule has 2 aromatic heterocycles. The van der Waals surface area contributed by atoms with Crippen LogP contribution in [0.2, 0.25) is 0 Å². The van der Waals surface area contributed by atoms with Crippen LogP contribution in [-0.2, 0) is 28.9 Å². The van der Waals surface area contributed by atoms with Crippen molar-refractivity contribution >= 4 is 39.1 Å². The van der Waals surface area contributed by atoms with E-state index in [1.165, 1.54) is 11.3 Å². The Labute approximate surface area is 183 Å². The molecule has 2 aliphatic heterocycles. The molecule has 0 spiro atoms. The Bertz CT molecular complexity index is 1260. The van der Waals surface area contributed by atoms with Crippen molar-refractivity contribution in [2.24, 2.45) is 0 Å². The zero-order valence-electron chi connectivity index (χ0n) is 17.3. The summed E-state index contributed by atoms with van der Waals surface area (Å²) < 4.78 is 7.11. The lowest BCUT2D eigenvalue weighted by Crippen LogP contribution is -2.33. The second kappa shape index (κ2) is 7.92. The van der Waals surface area contributed by atoms with Crippen LogP contribution in [0.4, 0.5) is 5.69 Å². The molecule has 1 amide bonds. The average Bonchev–Trinajstić information content (AvgIpc) is 3.25. The van der Waals surface area contributed by atoms with Gasteiger partial charge in [-0.25, -0.2) is 9.78 Å². The van der Waals surface area contributed by atoms with Crippen molar-refractivity contribution in [3.8, 4) is 0 Å². The van der Waals surface area contributed by atoms with E-state index in [0.29, 0.717) is 33.7 Å². The largest absolute Gasteiger partial charge is 0.451 e. The van der Waals surface area contributed by atoms with Crippen molar-refractivity contribution in [3.05, 3.63) is 56.4 Å². The molecule has 0 bridgehead atoms. The molecule has 3 aromatic rings. The summed E-state index contributed by atoms with van der Waals surface area (Å²) in [7, 11) is 0. The number of hydrogen-bond donors (Lipinski definition) is 0. The van der Waals surface area contributed by atoms with Gasteiger partial charge in [0.25, 0.3) is 11.5 Å². The molecular formula is C23H23N3O4S. The summed E-state index contributed by atoms with van der Waals surface area (Å²) >= 11 is 1.17. The number of para-hydroxylation sites is 1. The van der Waals surface area contributed by atoms with Gasteiger partial charge in [0.05, 0.1) is 5.39 Å². The third kappa shape index (κ3) is 3.44. The quantitative estimate of drug-likeness (QED) is 0.588. The van der Waals surface area contributed by atoms with Crippen LogP contribution in [0, 0.1) is 6.92 Å². The van der Waals surface area contributed by atoms with E-state index in [1.54, 1.807) is 16.4 Å². The number of benzene rings is 1. The molecule has 1 aromatic carbocycles. The lowest BCUT2D eigenvalue weighted by molar-refractivity contribution is -0.121. The molecule has 0 N–H and O–H groups in total. The van der Waals surface area contributed by atoms with Crippen LogP contribution in [0.5, 0.6) is 0 Å². The van der Waals surface area contributed by atoms with E-state index < -0.39 is 5.97 Å². The summed E-state index contributed by atoms with van der Waals surface area (Å²) in [5.74, 6) is -0.0399.